The van der Waals surface area contributed by atoms with Gasteiger partial charge in [0.15, 0.2) is 0 Å². The average molecular weight is 290 g/mol. The predicted molar refractivity (Wildman–Crippen MR) is 84.6 cm³/mol. The van der Waals surface area contributed by atoms with Crippen LogP contribution in [-0.2, 0) is 9.53 Å². The summed E-state index contributed by atoms with van der Waals surface area (Å²) in [6.07, 6.45) is 8.63. The van der Waals surface area contributed by atoms with Crippen LogP contribution < -0.4 is 0 Å². The second-order valence-corrected chi connectivity index (χ2v) is 8.14. The first-order valence-corrected chi connectivity index (χ1v) is 8.85. The Labute approximate surface area is 129 Å². The summed E-state index contributed by atoms with van der Waals surface area (Å²) >= 11 is 0. The van der Waals surface area contributed by atoms with E-state index in [0.717, 1.165) is 36.0 Å². The van der Waals surface area contributed by atoms with Crippen LogP contribution in [0.2, 0.25) is 0 Å². The lowest BCUT2D eigenvalue weighted by molar-refractivity contribution is -0.163. The molecule has 0 radical (unpaired) electrons. The number of esters is 1. The fourth-order valence-electron chi connectivity index (χ4n) is 5.66. The van der Waals surface area contributed by atoms with E-state index in [0.29, 0.717) is 5.92 Å². The minimum Gasteiger partial charge on any atom is -0.460 e. The Morgan fingerprint density at radius 1 is 1.00 bits per heavy atom. The Hall–Kier alpha value is -0.790. The first-order valence-electron chi connectivity index (χ1n) is 8.85. The SMILES string of the molecule is CC.CC(C)(C)OC(=O)C1CC2CC1C1C3C=CC(C3)C21. The van der Waals surface area contributed by atoms with E-state index < -0.39 is 0 Å². The Bertz CT molecular complexity index is 445. The Morgan fingerprint density at radius 3 is 2.24 bits per heavy atom. The lowest BCUT2D eigenvalue weighted by Gasteiger charge is -2.36. The minimum atomic E-state index is -0.340. The molecule has 0 saturated heterocycles. The van der Waals surface area contributed by atoms with Gasteiger partial charge in [-0.25, -0.2) is 0 Å². The van der Waals surface area contributed by atoms with E-state index in [2.05, 4.69) is 12.2 Å². The zero-order valence-electron chi connectivity index (χ0n) is 14.1. The van der Waals surface area contributed by atoms with E-state index in [4.69, 9.17) is 4.74 Å². The number of carbonyl (C=O) groups is 1. The molecule has 0 heterocycles. The molecular formula is C19H30O2. The summed E-state index contributed by atoms with van der Waals surface area (Å²) in [5.74, 6) is 4.99. The van der Waals surface area contributed by atoms with Crippen molar-refractivity contribution in [1.29, 1.82) is 0 Å². The molecule has 0 aromatic carbocycles. The summed E-state index contributed by atoms with van der Waals surface area (Å²) in [6, 6.07) is 0. The minimum absolute atomic E-state index is 0.0743. The van der Waals surface area contributed by atoms with Crippen molar-refractivity contribution in [2.24, 2.45) is 41.4 Å². The number of hydrogen-bond donors (Lipinski definition) is 0. The Kier molecular flexibility index (Phi) is 3.70. The van der Waals surface area contributed by atoms with Crippen LogP contribution in [0, 0.1) is 41.4 Å². The van der Waals surface area contributed by atoms with E-state index in [9.17, 15) is 4.79 Å². The molecule has 4 bridgehead atoms. The lowest BCUT2D eigenvalue weighted by atomic mass is 9.69. The molecule has 4 rings (SSSR count). The molecule has 7 atom stereocenters. The highest BCUT2D eigenvalue weighted by molar-refractivity contribution is 5.74. The molecule has 0 amide bonds. The molecule has 0 aromatic heterocycles. The molecule has 3 saturated carbocycles. The highest BCUT2D eigenvalue weighted by Crippen LogP contribution is 2.67. The molecule has 4 aliphatic carbocycles. The summed E-state index contributed by atoms with van der Waals surface area (Å²) in [6.45, 7) is 9.92. The average Bonchev–Trinajstić information content (AvgIpc) is 3.17. The van der Waals surface area contributed by atoms with Gasteiger partial charge in [0.1, 0.15) is 5.60 Å². The normalized spacial score (nSPS) is 45.3. The van der Waals surface area contributed by atoms with Gasteiger partial charge in [-0.05, 0) is 75.5 Å². The number of allylic oxidation sites excluding steroid dienone is 2. The van der Waals surface area contributed by atoms with Gasteiger partial charge < -0.3 is 4.74 Å². The zero-order valence-corrected chi connectivity index (χ0v) is 14.1. The van der Waals surface area contributed by atoms with Crippen LogP contribution >= 0.6 is 0 Å². The van der Waals surface area contributed by atoms with Crippen LogP contribution in [0.4, 0.5) is 0 Å². The van der Waals surface area contributed by atoms with Crippen LogP contribution in [0.25, 0.3) is 0 Å². The second kappa shape index (κ2) is 5.14. The molecule has 118 valence electrons. The second-order valence-electron chi connectivity index (χ2n) is 8.14. The smallest absolute Gasteiger partial charge is 0.309 e. The first kappa shape index (κ1) is 15.1. The third kappa shape index (κ3) is 2.35. The van der Waals surface area contributed by atoms with Gasteiger partial charge in [-0.3, -0.25) is 4.79 Å². The fourth-order valence-corrected chi connectivity index (χ4v) is 5.66. The van der Waals surface area contributed by atoms with Gasteiger partial charge in [-0.2, -0.15) is 0 Å². The van der Waals surface area contributed by atoms with Gasteiger partial charge in [0, 0.05) is 0 Å². The largest absolute Gasteiger partial charge is 0.460 e. The molecule has 0 aliphatic heterocycles. The van der Waals surface area contributed by atoms with Gasteiger partial charge in [-0.15, -0.1) is 0 Å². The summed E-state index contributed by atoms with van der Waals surface area (Å²) in [4.78, 5) is 12.4. The van der Waals surface area contributed by atoms with Crippen molar-refractivity contribution in [3.8, 4) is 0 Å². The van der Waals surface area contributed by atoms with Gasteiger partial charge in [0.2, 0.25) is 0 Å². The number of rotatable bonds is 1. The fraction of sp³-hybridized carbons (Fsp3) is 0.842. The maximum Gasteiger partial charge on any atom is 0.309 e. The third-order valence-corrected chi connectivity index (χ3v) is 5.98. The molecule has 4 aliphatic rings. The number of hydrogen-bond acceptors (Lipinski definition) is 2. The van der Waals surface area contributed by atoms with Crippen LogP contribution in [-0.4, -0.2) is 11.6 Å². The third-order valence-electron chi connectivity index (χ3n) is 5.98. The molecule has 3 fully saturated rings. The Balaban J connectivity index is 0.000000636. The standard InChI is InChI=1S/C17H24O2.C2H6/c1-17(2,3)19-16(18)13-8-11-7-12(13)15-10-5-4-9(6-10)14(11)15;1-2/h4-5,9-15H,6-8H2,1-3H3;1-2H3. The highest BCUT2D eigenvalue weighted by atomic mass is 16.6. The van der Waals surface area contributed by atoms with Crippen LogP contribution in [0.3, 0.4) is 0 Å². The maximum absolute atomic E-state index is 12.4. The van der Waals surface area contributed by atoms with E-state index in [1.54, 1.807) is 0 Å². The van der Waals surface area contributed by atoms with Crippen molar-refractivity contribution in [2.75, 3.05) is 0 Å². The summed E-state index contributed by atoms with van der Waals surface area (Å²) < 4.78 is 5.65. The molecule has 2 nitrogen and oxygen atoms in total. The van der Waals surface area contributed by atoms with Gasteiger partial charge in [0.05, 0.1) is 5.92 Å². The van der Waals surface area contributed by atoms with Crippen molar-refractivity contribution in [3.63, 3.8) is 0 Å². The molecule has 7 unspecified atom stereocenters. The van der Waals surface area contributed by atoms with Crippen molar-refractivity contribution in [3.05, 3.63) is 12.2 Å². The zero-order chi connectivity index (χ0) is 15.4. The van der Waals surface area contributed by atoms with Gasteiger partial charge in [-0.1, -0.05) is 26.0 Å². The highest BCUT2D eigenvalue weighted by Gasteiger charge is 2.62. The van der Waals surface area contributed by atoms with E-state index in [1.807, 2.05) is 34.6 Å². The molecule has 21 heavy (non-hydrogen) atoms. The summed E-state index contributed by atoms with van der Waals surface area (Å²) in [5.41, 5.74) is -0.340. The van der Waals surface area contributed by atoms with Gasteiger partial charge >= 0.3 is 5.97 Å². The first-order chi connectivity index (χ1) is 9.94. The number of carbonyl (C=O) groups excluding carboxylic acids is 1. The molecule has 0 N–H and O–H groups in total. The van der Waals surface area contributed by atoms with Crippen LogP contribution in [0.5, 0.6) is 0 Å². The van der Waals surface area contributed by atoms with Crippen molar-refractivity contribution in [2.45, 2.75) is 59.5 Å². The van der Waals surface area contributed by atoms with Crippen molar-refractivity contribution >= 4 is 5.97 Å². The van der Waals surface area contributed by atoms with E-state index in [-0.39, 0.29) is 17.5 Å². The number of fused-ring (bicyclic) bond motifs is 9. The quantitative estimate of drug-likeness (QED) is 0.405. The molecule has 2 heteroatoms. The van der Waals surface area contributed by atoms with E-state index in [1.165, 1.54) is 12.8 Å². The molecule has 0 spiro atoms. The van der Waals surface area contributed by atoms with Gasteiger partial charge in [0.25, 0.3) is 0 Å². The van der Waals surface area contributed by atoms with Crippen molar-refractivity contribution < 1.29 is 9.53 Å². The monoisotopic (exact) mass is 290 g/mol. The van der Waals surface area contributed by atoms with Crippen LogP contribution in [0.1, 0.15) is 53.9 Å². The topological polar surface area (TPSA) is 26.3 Å². The van der Waals surface area contributed by atoms with E-state index >= 15 is 0 Å². The van der Waals surface area contributed by atoms with Crippen LogP contribution in [0.15, 0.2) is 12.2 Å². The predicted octanol–water partition coefficient (Wildman–Crippen LogP) is 4.45. The number of ether oxygens (including phenoxy) is 1. The summed E-state index contributed by atoms with van der Waals surface area (Å²) in [7, 11) is 0. The Morgan fingerprint density at radius 2 is 1.62 bits per heavy atom. The molecule has 0 aromatic rings. The van der Waals surface area contributed by atoms with Crippen molar-refractivity contribution in [1.82, 2.24) is 0 Å². The summed E-state index contributed by atoms with van der Waals surface area (Å²) in [5, 5.41) is 0. The maximum atomic E-state index is 12.4. The molecular weight excluding hydrogens is 260 g/mol. The lowest BCUT2D eigenvalue weighted by Crippen LogP contribution is -2.37.